The van der Waals surface area contributed by atoms with E-state index in [0.717, 1.165) is 0 Å². The van der Waals surface area contributed by atoms with Gasteiger partial charge in [0.05, 0.1) is 12.3 Å². The molecule has 0 aliphatic carbocycles. The number of carbonyl (C=O) groups excluding carboxylic acids is 2. The van der Waals surface area contributed by atoms with Crippen molar-refractivity contribution in [2.45, 2.75) is 32.9 Å². The molecule has 0 radical (unpaired) electrons. The van der Waals surface area contributed by atoms with Gasteiger partial charge < -0.3 is 15.4 Å². The summed E-state index contributed by atoms with van der Waals surface area (Å²) in [4.78, 5) is 33.3. The van der Waals surface area contributed by atoms with Gasteiger partial charge in [0.1, 0.15) is 5.69 Å². The number of aromatic nitrogens is 1. The van der Waals surface area contributed by atoms with Crippen molar-refractivity contribution in [2.24, 2.45) is 0 Å². The highest BCUT2D eigenvalue weighted by Crippen LogP contribution is 2.35. The smallest absolute Gasteiger partial charge is 0.269 e. The van der Waals surface area contributed by atoms with Crippen molar-refractivity contribution >= 4 is 23.1 Å². The predicted molar refractivity (Wildman–Crippen MR) is 116 cm³/mol. The van der Waals surface area contributed by atoms with Crippen LogP contribution in [0.2, 0.25) is 0 Å². The fourth-order valence-electron chi connectivity index (χ4n) is 3.67. The number of halogens is 2. The summed E-state index contributed by atoms with van der Waals surface area (Å²) in [7, 11) is 0. The van der Waals surface area contributed by atoms with Gasteiger partial charge in [0.25, 0.3) is 11.8 Å². The zero-order valence-electron chi connectivity index (χ0n) is 18.3. The fraction of sp³-hybridized carbons (Fsp3) is 0.348. The molecule has 2 aliphatic rings. The number of fused-ring (bicyclic) bond motifs is 1. The van der Waals surface area contributed by atoms with Crippen molar-refractivity contribution in [2.75, 3.05) is 25.0 Å². The van der Waals surface area contributed by atoms with E-state index < -0.39 is 23.8 Å². The zero-order chi connectivity index (χ0) is 23.5. The number of hydrogen-bond acceptors (Lipinski definition) is 6. The van der Waals surface area contributed by atoms with Gasteiger partial charge >= 0.3 is 0 Å². The second-order valence-electron chi connectivity index (χ2n) is 7.68. The Kier molecular flexibility index (Phi) is 6.66. The molecule has 2 amide bonds. The number of anilines is 1. The first kappa shape index (κ1) is 22.8. The first-order chi connectivity index (χ1) is 15.9. The van der Waals surface area contributed by atoms with Crippen LogP contribution in [-0.4, -0.2) is 47.7 Å². The van der Waals surface area contributed by atoms with Crippen LogP contribution in [0.25, 0.3) is 5.57 Å². The van der Waals surface area contributed by atoms with Crippen LogP contribution in [0.15, 0.2) is 30.3 Å². The molecule has 1 aromatic heterocycles. The summed E-state index contributed by atoms with van der Waals surface area (Å²) in [6.45, 7) is 4.64. The lowest BCUT2D eigenvalue weighted by molar-refractivity contribution is -0.150. The molecule has 0 saturated heterocycles. The Balaban J connectivity index is 1.44. The summed E-state index contributed by atoms with van der Waals surface area (Å²) in [5, 5.41) is 6.85. The summed E-state index contributed by atoms with van der Waals surface area (Å²) in [6, 6.07) is 5.96. The summed E-state index contributed by atoms with van der Waals surface area (Å²) in [6.07, 6.45) is 1.52. The van der Waals surface area contributed by atoms with Crippen LogP contribution in [0, 0.1) is 11.8 Å². The number of ether oxygens (including phenoxy) is 1. The van der Waals surface area contributed by atoms with Crippen LogP contribution >= 0.6 is 0 Å². The SMILES string of the molecule is CCNC(=O)c1ccc(C2=CCN(Cc3cc(F)c4c(c3)NC(=O)C(CC)O4)OC2)c(F)n1. The molecule has 2 aliphatic heterocycles. The third-order valence-electron chi connectivity index (χ3n) is 5.35. The van der Waals surface area contributed by atoms with Crippen molar-refractivity contribution in [3.63, 3.8) is 0 Å². The minimum atomic E-state index is -0.750. The quantitative estimate of drug-likeness (QED) is 0.647. The molecule has 1 unspecified atom stereocenters. The highest BCUT2D eigenvalue weighted by atomic mass is 19.1. The lowest BCUT2D eigenvalue weighted by Gasteiger charge is -2.28. The predicted octanol–water partition coefficient (Wildman–Crippen LogP) is 3.05. The summed E-state index contributed by atoms with van der Waals surface area (Å²) in [5.74, 6) is -2.02. The number of amides is 2. The van der Waals surface area contributed by atoms with E-state index >= 15 is 0 Å². The van der Waals surface area contributed by atoms with Gasteiger partial charge in [-0.3, -0.25) is 14.4 Å². The molecule has 33 heavy (non-hydrogen) atoms. The van der Waals surface area contributed by atoms with E-state index in [1.54, 1.807) is 31.1 Å². The summed E-state index contributed by atoms with van der Waals surface area (Å²) >= 11 is 0. The first-order valence-electron chi connectivity index (χ1n) is 10.7. The van der Waals surface area contributed by atoms with Gasteiger partial charge in [0.2, 0.25) is 5.95 Å². The normalized spacial score (nSPS) is 18.1. The third kappa shape index (κ3) is 4.86. The van der Waals surface area contributed by atoms with Gasteiger partial charge in [-0.05, 0) is 48.7 Å². The molecule has 0 saturated carbocycles. The molecule has 2 aromatic rings. The lowest BCUT2D eigenvalue weighted by atomic mass is 10.1. The molecule has 3 heterocycles. The highest BCUT2D eigenvalue weighted by Gasteiger charge is 2.29. The van der Waals surface area contributed by atoms with Gasteiger partial charge in [-0.25, -0.2) is 9.37 Å². The van der Waals surface area contributed by atoms with E-state index in [4.69, 9.17) is 9.57 Å². The molecule has 4 rings (SSSR count). The van der Waals surface area contributed by atoms with Crippen molar-refractivity contribution in [3.8, 4) is 5.75 Å². The van der Waals surface area contributed by atoms with Gasteiger partial charge in [-0.2, -0.15) is 9.45 Å². The molecule has 2 N–H and O–H groups in total. The summed E-state index contributed by atoms with van der Waals surface area (Å²) < 4.78 is 34.5. The van der Waals surface area contributed by atoms with E-state index in [2.05, 4.69) is 15.6 Å². The third-order valence-corrected chi connectivity index (χ3v) is 5.35. The number of rotatable bonds is 6. The Bertz CT molecular complexity index is 1120. The zero-order valence-corrected chi connectivity index (χ0v) is 18.3. The van der Waals surface area contributed by atoms with E-state index in [9.17, 15) is 18.4 Å². The number of nitrogens with one attached hydrogen (secondary N) is 2. The van der Waals surface area contributed by atoms with E-state index in [0.29, 0.717) is 30.6 Å². The topological polar surface area (TPSA) is 92.8 Å². The Morgan fingerprint density at radius 3 is 2.79 bits per heavy atom. The Hall–Kier alpha value is -3.37. The number of hydrogen-bond donors (Lipinski definition) is 2. The Labute approximate surface area is 189 Å². The number of nitrogens with zero attached hydrogens (tertiary/aromatic N) is 2. The second kappa shape index (κ2) is 9.63. The Morgan fingerprint density at radius 2 is 2.12 bits per heavy atom. The monoisotopic (exact) mass is 458 g/mol. The molecule has 0 spiro atoms. The maximum atomic E-state index is 14.6. The fourth-order valence-corrected chi connectivity index (χ4v) is 3.67. The molecular formula is C23H24F2N4O4. The van der Waals surface area contributed by atoms with E-state index in [1.165, 1.54) is 18.2 Å². The van der Waals surface area contributed by atoms with Crippen molar-refractivity contribution in [1.29, 1.82) is 0 Å². The minimum Gasteiger partial charge on any atom is -0.475 e. The second-order valence-corrected chi connectivity index (χ2v) is 7.68. The van der Waals surface area contributed by atoms with E-state index in [-0.39, 0.29) is 41.8 Å². The van der Waals surface area contributed by atoms with Crippen LogP contribution in [0.1, 0.15) is 41.9 Å². The molecule has 0 bridgehead atoms. The highest BCUT2D eigenvalue weighted by molar-refractivity contribution is 5.97. The standard InChI is InChI=1S/C23H24F2N4O4/c1-3-19-23(31)28-18-10-13(9-16(24)20(18)33-19)11-29-8-7-14(12-32-29)15-5-6-17(27-21(15)25)22(30)26-4-2/h5-7,9-10,19H,3-4,8,11-12H2,1-2H3,(H,26,30)(H,28,31). The van der Waals surface area contributed by atoms with Gasteiger partial charge in [0, 0.05) is 25.2 Å². The number of carbonyl (C=O) groups is 2. The van der Waals surface area contributed by atoms with Crippen molar-refractivity contribution < 1.29 is 27.9 Å². The van der Waals surface area contributed by atoms with E-state index in [1.807, 2.05) is 0 Å². The number of benzene rings is 1. The molecule has 1 aromatic carbocycles. The van der Waals surface area contributed by atoms with Crippen LogP contribution < -0.4 is 15.4 Å². The molecular weight excluding hydrogens is 434 g/mol. The average Bonchev–Trinajstić information content (AvgIpc) is 2.79. The van der Waals surface area contributed by atoms with Crippen LogP contribution in [0.5, 0.6) is 5.75 Å². The Morgan fingerprint density at radius 1 is 1.30 bits per heavy atom. The molecule has 8 nitrogen and oxygen atoms in total. The molecule has 0 fully saturated rings. The summed E-state index contributed by atoms with van der Waals surface area (Å²) in [5.41, 5.74) is 1.73. The lowest BCUT2D eigenvalue weighted by Crippen LogP contribution is -2.37. The largest absolute Gasteiger partial charge is 0.475 e. The van der Waals surface area contributed by atoms with Crippen LogP contribution in [-0.2, 0) is 16.2 Å². The first-order valence-corrected chi connectivity index (χ1v) is 10.7. The number of hydroxylamine groups is 2. The minimum absolute atomic E-state index is 0.00724. The molecule has 174 valence electrons. The maximum Gasteiger partial charge on any atom is 0.269 e. The van der Waals surface area contributed by atoms with Gasteiger partial charge in [-0.15, -0.1) is 0 Å². The van der Waals surface area contributed by atoms with Gasteiger partial charge in [-0.1, -0.05) is 13.0 Å². The van der Waals surface area contributed by atoms with Crippen LogP contribution in [0.4, 0.5) is 14.5 Å². The molecule has 1 atom stereocenters. The van der Waals surface area contributed by atoms with Crippen molar-refractivity contribution in [3.05, 3.63) is 58.9 Å². The van der Waals surface area contributed by atoms with Crippen molar-refractivity contribution in [1.82, 2.24) is 15.4 Å². The maximum absolute atomic E-state index is 14.6. The van der Waals surface area contributed by atoms with Crippen LogP contribution in [0.3, 0.4) is 0 Å². The van der Waals surface area contributed by atoms with Gasteiger partial charge in [0.15, 0.2) is 17.7 Å². The molecule has 10 heteroatoms. The average molecular weight is 458 g/mol. The number of pyridine rings is 1.